The molecule has 1 amide bonds. The van der Waals surface area contributed by atoms with Gasteiger partial charge in [0.1, 0.15) is 10.1 Å². The number of carbonyl (C=O) groups is 2. The topological polar surface area (TPSA) is 57.6 Å². The van der Waals surface area contributed by atoms with Crippen molar-refractivity contribution in [3.05, 3.63) is 39.0 Å². The van der Waals surface area contributed by atoms with Crippen LogP contribution in [-0.2, 0) is 9.59 Å². The number of aliphatic carboxylic acids is 1. The molecule has 1 aromatic carbocycles. The van der Waals surface area contributed by atoms with Crippen molar-refractivity contribution in [2.75, 3.05) is 6.54 Å². The molecule has 0 radical (unpaired) electrons. The number of thiocarbonyl (C=S) groups is 1. The van der Waals surface area contributed by atoms with Gasteiger partial charge in [-0.3, -0.25) is 14.5 Å². The second-order valence-electron chi connectivity index (χ2n) is 4.92. The van der Waals surface area contributed by atoms with E-state index < -0.39 is 11.8 Å². The molecule has 0 aromatic heterocycles. The number of nitrogens with zero attached hydrogens (tertiary/aromatic N) is 1. The summed E-state index contributed by atoms with van der Waals surface area (Å²) in [6, 6.07) is 3.13. The SMILES string of the molecule is Cc1ccc(Cl)c(/C=C2\SC(=S)N(CCCC(=O)O)C2=O)c1F. The molecule has 0 bridgehead atoms. The van der Waals surface area contributed by atoms with Crippen LogP contribution in [0.5, 0.6) is 0 Å². The summed E-state index contributed by atoms with van der Waals surface area (Å²) in [7, 11) is 0. The Bertz CT molecular complexity index is 721. The molecule has 8 heteroatoms. The minimum absolute atomic E-state index is 0.0472. The van der Waals surface area contributed by atoms with Crippen molar-refractivity contribution in [3.63, 3.8) is 0 Å². The van der Waals surface area contributed by atoms with Gasteiger partial charge in [0.15, 0.2) is 0 Å². The summed E-state index contributed by atoms with van der Waals surface area (Å²) in [6.07, 6.45) is 1.64. The fourth-order valence-corrected chi connectivity index (χ4v) is 3.51. The van der Waals surface area contributed by atoms with Crippen molar-refractivity contribution in [2.45, 2.75) is 19.8 Å². The van der Waals surface area contributed by atoms with Crippen LogP contribution in [0.25, 0.3) is 6.08 Å². The minimum atomic E-state index is -0.931. The lowest BCUT2D eigenvalue weighted by atomic mass is 10.1. The predicted molar refractivity (Wildman–Crippen MR) is 92.9 cm³/mol. The third-order valence-electron chi connectivity index (χ3n) is 3.24. The standard InChI is InChI=1S/C15H13ClFNO3S2/c1-8-4-5-10(16)9(13(8)17)7-11-14(21)18(15(22)23-11)6-2-3-12(19)20/h4-5,7H,2-3,6H2,1H3,(H,19,20)/b11-7-. The molecule has 1 N–H and O–H groups in total. The van der Waals surface area contributed by atoms with E-state index in [0.717, 1.165) is 11.8 Å². The number of rotatable bonds is 5. The molecule has 1 aliphatic heterocycles. The number of amides is 1. The molecule has 2 rings (SSSR count). The number of thioether (sulfide) groups is 1. The highest BCUT2D eigenvalue weighted by molar-refractivity contribution is 8.26. The second-order valence-corrected chi connectivity index (χ2v) is 7.01. The summed E-state index contributed by atoms with van der Waals surface area (Å²) in [6.45, 7) is 1.83. The quantitative estimate of drug-likeness (QED) is 0.627. The van der Waals surface area contributed by atoms with Crippen LogP contribution >= 0.6 is 35.6 Å². The maximum atomic E-state index is 14.2. The summed E-state index contributed by atoms with van der Waals surface area (Å²) >= 11 is 12.2. The van der Waals surface area contributed by atoms with Crippen LogP contribution in [0.4, 0.5) is 4.39 Å². The number of carboxylic acids is 1. The summed E-state index contributed by atoms with van der Waals surface area (Å²) in [5, 5.41) is 8.86. The van der Waals surface area contributed by atoms with Crippen LogP contribution in [0.15, 0.2) is 17.0 Å². The molecule has 0 saturated carbocycles. The zero-order chi connectivity index (χ0) is 17.1. The Morgan fingerprint density at radius 2 is 2.22 bits per heavy atom. The van der Waals surface area contributed by atoms with E-state index in [-0.39, 0.29) is 34.4 Å². The van der Waals surface area contributed by atoms with E-state index in [1.807, 2.05) is 0 Å². The van der Waals surface area contributed by atoms with Crippen molar-refractivity contribution in [1.29, 1.82) is 0 Å². The van der Waals surface area contributed by atoms with E-state index in [0.29, 0.717) is 16.3 Å². The van der Waals surface area contributed by atoms with Crippen LogP contribution in [0.1, 0.15) is 24.0 Å². The highest BCUT2D eigenvalue weighted by Gasteiger charge is 2.32. The first kappa shape index (κ1) is 17.9. The van der Waals surface area contributed by atoms with E-state index >= 15 is 0 Å². The molecule has 23 heavy (non-hydrogen) atoms. The summed E-state index contributed by atoms with van der Waals surface area (Å²) < 4.78 is 14.5. The lowest BCUT2D eigenvalue weighted by Crippen LogP contribution is -2.29. The van der Waals surface area contributed by atoms with Crippen LogP contribution in [0.2, 0.25) is 5.02 Å². The number of hydrogen-bond donors (Lipinski definition) is 1. The lowest BCUT2D eigenvalue weighted by Gasteiger charge is -2.13. The van der Waals surface area contributed by atoms with Gasteiger partial charge in [0.25, 0.3) is 5.91 Å². The number of carboxylic acid groups (broad SMARTS) is 1. The zero-order valence-corrected chi connectivity index (χ0v) is 14.5. The molecule has 0 spiro atoms. The molecule has 1 aliphatic rings. The Balaban J connectivity index is 2.22. The molecular weight excluding hydrogens is 361 g/mol. The maximum Gasteiger partial charge on any atom is 0.303 e. The smallest absolute Gasteiger partial charge is 0.303 e. The summed E-state index contributed by atoms with van der Waals surface area (Å²) in [5.41, 5.74) is 0.579. The van der Waals surface area contributed by atoms with Gasteiger partial charge >= 0.3 is 5.97 Å². The Morgan fingerprint density at radius 3 is 2.87 bits per heavy atom. The Hall–Kier alpha value is -1.44. The van der Waals surface area contributed by atoms with Crippen molar-refractivity contribution in [2.24, 2.45) is 0 Å². The molecule has 1 saturated heterocycles. The highest BCUT2D eigenvalue weighted by Crippen LogP contribution is 2.35. The van der Waals surface area contributed by atoms with E-state index in [4.69, 9.17) is 28.9 Å². The van der Waals surface area contributed by atoms with Crippen LogP contribution in [0, 0.1) is 12.7 Å². The molecular formula is C15H13ClFNO3S2. The van der Waals surface area contributed by atoms with Crippen LogP contribution < -0.4 is 0 Å². The molecule has 0 aliphatic carbocycles. The number of benzene rings is 1. The first-order valence-electron chi connectivity index (χ1n) is 6.73. The Kier molecular flexibility index (Phi) is 5.78. The van der Waals surface area contributed by atoms with Gasteiger partial charge in [-0.05, 0) is 31.1 Å². The van der Waals surface area contributed by atoms with Gasteiger partial charge in [-0.15, -0.1) is 0 Å². The number of hydrogen-bond acceptors (Lipinski definition) is 4. The average Bonchev–Trinajstić information content (AvgIpc) is 2.74. The van der Waals surface area contributed by atoms with E-state index in [9.17, 15) is 14.0 Å². The van der Waals surface area contributed by atoms with E-state index in [2.05, 4.69) is 0 Å². The predicted octanol–water partition coefficient (Wildman–Crippen LogP) is 3.85. The largest absolute Gasteiger partial charge is 0.481 e. The lowest BCUT2D eigenvalue weighted by molar-refractivity contribution is -0.137. The molecule has 1 fully saturated rings. The van der Waals surface area contributed by atoms with Gasteiger partial charge in [-0.1, -0.05) is 41.6 Å². The molecule has 4 nitrogen and oxygen atoms in total. The highest BCUT2D eigenvalue weighted by atomic mass is 35.5. The summed E-state index contributed by atoms with van der Waals surface area (Å²) in [4.78, 5) is 24.5. The summed E-state index contributed by atoms with van der Waals surface area (Å²) in [5.74, 6) is -1.77. The molecule has 0 unspecified atom stereocenters. The minimum Gasteiger partial charge on any atom is -0.481 e. The van der Waals surface area contributed by atoms with Crippen LogP contribution in [0.3, 0.4) is 0 Å². The molecule has 122 valence electrons. The van der Waals surface area contributed by atoms with Gasteiger partial charge in [0.05, 0.1) is 9.93 Å². The van der Waals surface area contributed by atoms with E-state index in [1.165, 1.54) is 11.0 Å². The molecule has 0 atom stereocenters. The monoisotopic (exact) mass is 373 g/mol. The maximum absolute atomic E-state index is 14.2. The van der Waals surface area contributed by atoms with Crippen molar-refractivity contribution < 1.29 is 19.1 Å². The van der Waals surface area contributed by atoms with Crippen molar-refractivity contribution in [3.8, 4) is 0 Å². The molecule has 1 heterocycles. The van der Waals surface area contributed by atoms with Gasteiger partial charge in [-0.2, -0.15) is 0 Å². The van der Waals surface area contributed by atoms with Crippen molar-refractivity contribution >= 4 is 57.9 Å². The first-order valence-corrected chi connectivity index (χ1v) is 8.33. The normalized spacial score (nSPS) is 16.5. The number of halogens is 2. The van der Waals surface area contributed by atoms with E-state index in [1.54, 1.807) is 19.1 Å². The van der Waals surface area contributed by atoms with Gasteiger partial charge in [0, 0.05) is 18.5 Å². The third kappa shape index (κ3) is 4.10. The van der Waals surface area contributed by atoms with Gasteiger partial charge in [0.2, 0.25) is 0 Å². The zero-order valence-electron chi connectivity index (χ0n) is 12.1. The first-order chi connectivity index (χ1) is 10.8. The molecule has 1 aromatic rings. The fraction of sp³-hybridized carbons (Fsp3) is 0.267. The number of aryl methyl sites for hydroxylation is 1. The van der Waals surface area contributed by atoms with Gasteiger partial charge < -0.3 is 5.11 Å². The fourth-order valence-electron chi connectivity index (χ4n) is 2.02. The Morgan fingerprint density at radius 1 is 1.52 bits per heavy atom. The second kappa shape index (κ2) is 7.42. The third-order valence-corrected chi connectivity index (χ3v) is 4.95. The number of carbonyl (C=O) groups excluding carboxylic acids is 1. The van der Waals surface area contributed by atoms with Crippen molar-refractivity contribution in [1.82, 2.24) is 4.90 Å². The van der Waals surface area contributed by atoms with Gasteiger partial charge in [-0.25, -0.2) is 4.39 Å². The average molecular weight is 374 g/mol. The van der Waals surface area contributed by atoms with Crippen LogP contribution in [-0.4, -0.2) is 32.7 Å². The Labute approximate surface area is 147 Å².